The van der Waals surface area contributed by atoms with Gasteiger partial charge < -0.3 is 5.11 Å². The first-order chi connectivity index (χ1) is 7.50. The molecule has 2 nitrogen and oxygen atoms in total. The molecule has 2 aliphatic rings. The Morgan fingerprint density at radius 2 is 2.19 bits per heavy atom. The van der Waals surface area contributed by atoms with Gasteiger partial charge in [-0.1, -0.05) is 18.6 Å². The number of aliphatic hydroxyl groups is 1. The molecule has 0 aromatic heterocycles. The van der Waals surface area contributed by atoms with E-state index in [0.717, 1.165) is 30.4 Å². The molecule has 2 rings (SSSR count). The number of hydrogen-bond acceptors (Lipinski definition) is 2. The van der Waals surface area contributed by atoms with Crippen molar-refractivity contribution in [3.63, 3.8) is 0 Å². The zero-order valence-electron chi connectivity index (χ0n) is 10.3. The Morgan fingerprint density at radius 3 is 2.81 bits per heavy atom. The predicted molar refractivity (Wildman–Crippen MR) is 64.0 cm³/mol. The topological polar surface area (TPSA) is 37.3 Å². The first kappa shape index (κ1) is 11.6. The molecule has 0 radical (unpaired) electrons. The first-order valence-corrected chi connectivity index (χ1v) is 6.09. The van der Waals surface area contributed by atoms with Crippen LogP contribution in [0.4, 0.5) is 0 Å². The molecule has 1 saturated carbocycles. The van der Waals surface area contributed by atoms with E-state index in [9.17, 15) is 9.90 Å². The standard InChI is InChI=1S/C14H20O2/c1-4-10-8-14(3)11(9(2)13(10)16)6-5-7-12(14)15/h4,12,15H,5-8H2,1-3H3/b10-4+/t12-,14-/m0/s1. The molecular formula is C14H20O2. The molecule has 0 spiro atoms. The fraction of sp³-hybridized carbons (Fsp3) is 0.643. The summed E-state index contributed by atoms with van der Waals surface area (Å²) in [6.07, 6.45) is 5.14. The smallest absolute Gasteiger partial charge is 0.184 e. The number of carbonyl (C=O) groups excluding carboxylic acids is 1. The minimum atomic E-state index is -0.297. The van der Waals surface area contributed by atoms with Crippen molar-refractivity contribution < 1.29 is 9.90 Å². The van der Waals surface area contributed by atoms with E-state index in [1.54, 1.807) is 0 Å². The van der Waals surface area contributed by atoms with E-state index in [1.165, 1.54) is 5.57 Å². The second-order valence-corrected chi connectivity index (χ2v) is 5.25. The summed E-state index contributed by atoms with van der Waals surface area (Å²) in [4.78, 5) is 12.1. The third-order valence-corrected chi connectivity index (χ3v) is 4.32. The minimum Gasteiger partial charge on any atom is -0.392 e. The predicted octanol–water partition coefficient (Wildman–Crippen LogP) is 2.77. The third kappa shape index (κ3) is 1.47. The van der Waals surface area contributed by atoms with Gasteiger partial charge in [-0.2, -0.15) is 0 Å². The number of hydrogen-bond donors (Lipinski definition) is 1. The van der Waals surface area contributed by atoms with Crippen molar-refractivity contribution in [2.45, 2.75) is 52.6 Å². The van der Waals surface area contributed by atoms with Gasteiger partial charge in [-0.25, -0.2) is 0 Å². The molecule has 2 aliphatic carbocycles. The molecular weight excluding hydrogens is 200 g/mol. The van der Waals surface area contributed by atoms with Crippen LogP contribution in [0, 0.1) is 5.41 Å². The maximum absolute atomic E-state index is 12.1. The number of allylic oxidation sites excluding steroid dienone is 3. The summed E-state index contributed by atoms with van der Waals surface area (Å²) in [5.74, 6) is 0.184. The van der Waals surface area contributed by atoms with Crippen LogP contribution in [0.5, 0.6) is 0 Å². The maximum Gasteiger partial charge on any atom is 0.184 e. The van der Waals surface area contributed by atoms with Crippen LogP contribution in [-0.4, -0.2) is 17.0 Å². The fourth-order valence-corrected chi connectivity index (χ4v) is 3.20. The van der Waals surface area contributed by atoms with E-state index in [4.69, 9.17) is 0 Å². The van der Waals surface area contributed by atoms with Gasteiger partial charge in [0.15, 0.2) is 5.78 Å². The summed E-state index contributed by atoms with van der Waals surface area (Å²) in [6, 6.07) is 0. The van der Waals surface area contributed by atoms with Crippen molar-refractivity contribution in [1.82, 2.24) is 0 Å². The van der Waals surface area contributed by atoms with Crippen molar-refractivity contribution in [1.29, 1.82) is 0 Å². The quantitative estimate of drug-likeness (QED) is 0.637. The van der Waals surface area contributed by atoms with Gasteiger partial charge in [0.1, 0.15) is 0 Å². The SMILES string of the molecule is C/C=C1\C[C@@]2(C)C(=C(C)C1=O)CCC[C@@H]2O. The van der Waals surface area contributed by atoms with Gasteiger partial charge in [-0.15, -0.1) is 0 Å². The van der Waals surface area contributed by atoms with Crippen molar-refractivity contribution in [3.8, 4) is 0 Å². The zero-order chi connectivity index (χ0) is 11.9. The number of ketones is 1. The van der Waals surface area contributed by atoms with Crippen LogP contribution >= 0.6 is 0 Å². The average molecular weight is 220 g/mol. The lowest BCUT2D eigenvalue weighted by Crippen LogP contribution is -2.42. The molecule has 0 saturated heterocycles. The van der Waals surface area contributed by atoms with Crippen LogP contribution in [0.25, 0.3) is 0 Å². The third-order valence-electron chi connectivity index (χ3n) is 4.32. The van der Waals surface area contributed by atoms with Crippen LogP contribution in [0.15, 0.2) is 22.8 Å². The van der Waals surface area contributed by atoms with Crippen molar-refractivity contribution in [3.05, 3.63) is 22.8 Å². The molecule has 0 bridgehead atoms. The Bertz CT molecular complexity index is 390. The molecule has 2 heteroatoms. The van der Waals surface area contributed by atoms with Crippen LogP contribution in [-0.2, 0) is 4.79 Å². The maximum atomic E-state index is 12.1. The first-order valence-electron chi connectivity index (χ1n) is 6.09. The van der Waals surface area contributed by atoms with Gasteiger partial charge in [0.2, 0.25) is 0 Å². The van der Waals surface area contributed by atoms with E-state index < -0.39 is 0 Å². The molecule has 1 N–H and O–H groups in total. The monoisotopic (exact) mass is 220 g/mol. The minimum absolute atomic E-state index is 0.184. The van der Waals surface area contributed by atoms with E-state index in [1.807, 2.05) is 19.9 Å². The number of carbonyl (C=O) groups is 1. The summed E-state index contributed by atoms with van der Waals surface area (Å²) in [7, 11) is 0. The molecule has 1 fully saturated rings. The number of rotatable bonds is 0. The number of fused-ring (bicyclic) bond motifs is 1. The number of aliphatic hydroxyl groups excluding tert-OH is 1. The summed E-state index contributed by atoms with van der Waals surface area (Å²) < 4.78 is 0. The molecule has 0 aromatic carbocycles. The van der Waals surface area contributed by atoms with Crippen molar-refractivity contribution in [2.75, 3.05) is 0 Å². The Labute approximate surface area is 97.0 Å². The van der Waals surface area contributed by atoms with Gasteiger partial charge in [0.25, 0.3) is 0 Å². The van der Waals surface area contributed by atoms with Crippen molar-refractivity contribution >= 4 is 5.78 Å². The Hall–Kier alpha value is -0.890. The molecule has 0 amide bonds. The molecule has 0 aromatic rings. The van der Waals surface area contributed by atoms with E-state index in [-0.39, 0.29) is 17.3 Å². The van der Waals surface area contributed by atoms with Crippen molar-refractivity contribution in [2.24, 2.45) is 5.41 Å². The summed E-state index contributed by atoms with van der Waals surface area (Å²) in [6.45, 7) is 5.92. The van der Waals surface area contributed by atoms with Gasteiger partial charge in [0, 0.05) is 5.41 Å². The second-order valence-electron chi connectivity index (χ2n) is 5.25. The van der Waals surface area contributed by atoms with Crippen LogP contribution < -0.4 is 0 Å². The summed E-state index contributed by atoms with van der Waals surface area (Å²) in [5.41, 5.74) is 2.74. The Balaban J connectivity index is 2.54. The van der Waals surface area contributed by atoms with Crippen LogP contribution in [0.3, 0.4) is 0 Å². The molecule has 88 valence electrons. The van der Waals surface area contributed by atoms with Gasteiger partial charge >= 0.3 is 0 Å². The zero-order valence-corrected chi connectivity index (χ0v) is 10.3. The largest absolute Gasteiger partial charge is 0.392 e. The second kappa shape index (κ2) is 3.85. The van der Waals surface area contributed by atoms with Gasteiger partial charge in [-0.3, -0.25) is 4.79 Å². The highest BCUT2D eigenvalue weighted by Gasteiger charge is 2.45. The molecule has 2 atom stereocenters. The summed E-state index contributed by atoms with van der Waals surface area (Å²) in [5, 5.41) is 10.2. The van der Waals surface area contributed by atoms with E-state index in [0.29, 0.717) is 6.42 Å². The van der Waals surface area contributed by atoms with Gasteiger partial charge in [-0.05, 0) is 50.7 Å². The van der Waals surface area contributed by atoms with E-state index in [2.05, 4.69) is 6.92 Å². The fourth-order valence-electron chi connectivity index (χ4n) is 3.20. The average Bonchev–Trinajstić information content (AvgIpc) is 2.27. The Kier molecular flexibility index (Phi) is 2.79. The number of Topliss-reactive ketones (excluding diaryl/α,β-unsaturated/α-hetero) is 1. The lowest BCUT2D eigenvalue weighted by atomic mass is 9.61. The molecule has 0 heterocycles. The highest BCUT2D eigenvalue weighted by molar-refractivity contribution is 6.09. The molecule has 0 aliphatic heterocycles. The Morgan fingerprint density at radius 1 is 1.50 bits per heavy atom. The highest BCUT2D eigenvalue weighted by atomic mass is 16.3. The highest BCUT2D eigenvalue weighted by Crippen LogP contribution is 2.49. The van der Waals surface area contributed by atoms with Gasteiger partial charge in [0.05, 0.1) is 6.10 Å². The molecule has 0 unspecified atom stereocenters. The summed E-state index contributed by atoms with van der Waals surface area (Å²) >= 11 is 0. The lowest BCUT2D eigenvalue weighted by molar-refractivity contribution is -0.113. The van der Waals surface area contributed by atoms with E-state index >= 15 is 0 Å². The lowest BCUT2D eigenvalue weighted by Gasteiger charge is -2.45. The molecule has 16 heavy (non-hydrogen) atoms. The van der Waals surface area contributed by atoms with Crippen LogP contribution in [0.1, 0.15) is 46.5 Å². The van der Waals surface area contributed by atoms with Crippen LogP contribution in [0.2, 0.25) is 0 Å². The normalized spacial score (nSPS) is 37.9.